The molecule has 4 unspecified atom stereocenters. The summed E-state index contributed by atoms with van der Waals surface area (Å²) in [5, 5.41) is 18.9. The number of hydrogen-bond donors (Lipinski definition) is 2. The zero-order chi connectivity index (χ0) is 12.8. The topological polar surface area (TPSA) is 74.6 Å². The third-order valence-corrected chi connectivity index (χ3v) is 4.46. The van der Waals surface area contributed by atoms with E-state index in [4.69, 9.17) is 0 Å². The molecule has 4 heteroatoms. The third-order valence-electron chi connectivity index (χ3n) is 4.46. The van der Waals surface area contributed by atoms with Gasteiger partial charge in [-0.25, -0.2) is 0 Å². The second kappa shape index (κ2) is 3.45. The highest BCUT2D eigenvalue weighted by Gasteiger charge is 2.68. The van der Waals surface area contributed by atoms with Gasteiger partial charge in [-0.1, -0.05) is 25.2 Å². The van der Waals surface area contributed by atoms with E-state index in [9.17, 15) is 19.8 Å². The van der Waals surface area contributed by atoms with Crippen LogP contribution in [-0.4, -0.2) is 22.2 Å². The highest BCUT2D eigenvalue weighted by atomic mass is 16.4. The summed E-state index contributed by atoms with van der Waals surface area (Å²) < 4.78 is 0. The Balaban J connectivity index is 2.60. The van der Waals surface area contributed by atoms with Crippen LogP contribution in [0.4, 0.5) is 0 Å². The normalized spacial score (nSPS) is 42.6. The lowest BCUT2D eigenvalue weighted by atomic mass is 9.59. The molecular weight excluding hydrogens is 220 g/mol. The number of allylic oxidation sites excluding steroid dienone is 3. The van der Waals surface area contributed by atoms with E-state index in [0.717, 1.165) is 0 Å². The van der Waals surface area contributed by atoms with Gasteiger partial charge in [-0.05, 0) is 18.8 Å². The molecule has 0 aromatic heterocycles. The lowest BCUT2D eigenvalue weighted by Crippen LogP contribution is -2.49. The first kappa shape index (κ1) is 11.9. The van der Waals surface area contributed by atoms with Crippen molar-refractivity contribution < 1.29 is 19.8 Å². The summed E-state index contributed by atoms with van der Waals surface area (Å²) in [6.45, 7) is 5.42. The highest BCUT2D eigenvalue weighted by molar-refractivity contribution is 5.87. The first-order chi connectivity index (χ1) is 7.89. The number of carboxylic acids is 2. The van der Waals surface area contributed by atoms with E-state index in [1.54, 1.807) is 0 Å². The maximum Gasteiger partial charge on any atom is 0.311 e. The number of aliphatic carboxylic acids is 2. The largest absolute Gasteiger partial charge is 0.481 e. The first-order valence-electron chi connectivity index (χ1n) is 5.65. The number of hydrogen-bond acceptors (Lipinski definition) is 2. The summed E-state index contributed by atoms with van der Waals surface area (Å²) in [7, 11) is 0. The fourth-order valence-electron chi connectivity index (χ4n) is 3.69. The van der Waals surface area contributed by atoms with Crippen molar-refractivity contribution in [2.45, 2.75) is 19.8 Å². The van der Waals surface area contributed by atoms with Crippen molar-refractivity contribution in [1.82, 2.24) is 0 Å². The minimum Gasteiger partial charge on any atom is -0.481 e. The quantitative estimate of drug-likeness (QED) is 0.731. The number of fused-ring (bicyclic) bond motifs is 2. The van der Waals surface area contributed by atoms with E-state index in [0.29, 0.717) is 6.42 Å². The predicted octanol–water partition coefficient (Wildman–Crippen LogP) is 1.93. The molecule has 0 aromatic rings. The van der Waals surface area contributed by atoms with Gasteiger partial charge in [0.2, 0.25) is 0 Å². The van der Waals surface area contributed by atoms with Crippen LogP contribution in [0.1, 0.15) is 19.8 Å². The Morgan fingerprint density at radius 2 is 2.18 bits per heavy atom. The van der Waals surface area contributed by atoms with Crippen LogP contribution in [-0.2, 0) is 9.59 Å². The summed E-state index contributed by atoms with van der Waals surface area (Å²) in [4.78, 5) is 23.1. The number of carbonyl (C=O) groups is 2. The molecular formula is C13H16O4. The van der Waals surface area contributed by atoms with Crippen LogP contribution in [0, 0.1) is 22.7 Å². The second-order valence-corrected chi connectivity index (χ2v) is 5.23. The molecule has 2 N–H and O–H groups in total. The van der Waals surface area contributed by atoms with Crippen LogP contribution in [0.3, 0.4) is 0 Å². The zero-order valence-corrected chi connectivity index (χ0v) is 9.72. The maximum absolute atomic E-state index is 11.7. The lowest BCUT2D eigenvalue weighted by Gasteiger charge is -2.41. The van der Waals surface area contributed by atoms with E-state index < -0.39 is 28.7 Å². The van der Waals surface area contributed by atoms with Gasteiger partial charge < -0.3 is 10.2 Å². The van der Waals surface area contributed by atoms with Gasteiger partial charge in [0.15, 0.2) is 0 Å². The van der Waals surface area contributed by atoms with Crippen LogP contribution in [0.25, 0.3) is 0 Å². The summed E-state index contributed by atoms with van der Waals surface area (Å²) in [6, 6.07) is 0. The summed E-state index contributed by atoms with van der Waals surface area (Å²) in [5.74, 6) is -3.08. The SMILES string of the molecule is C=CCC1(C(=O)O)C(C(=O)O)C2C=CC1(C)C2. The number of carboxylic acid groups (broad SMARTS) is 2. The van der Waals surface area contributed by atoms with Gasteiger partial charge >= 0.3 is 11.9 Å². The molecule has 2 aliphatic rings. The lowest BCUT2D eigenvalue weighted by molar-refractivity contribution is -0.167. The smallest absolute Gasteiger partial charge is 0.311 e. The standard InChI is InChI=1S/C13H16O4/c1-3-5-13(11(16)17)9(10(14)15)8-4-6-12(13,2)7-8/h3-4,6,8-9H,1,5,7H2,2H3,(H,14,15)(H,16,17). The van der Waals surface area contributed by atoms with Crippen molar-refractivity contribution in [3.8, 4) is 0 Å². The molecule has 0 amide bonds. The van der Waals surface area contributed by atoms with Gasteiger partial charge in [0.1, 0.15) is 0 Å². The Morgan fingerprint density at radius 3 is 2.65 bits per heavy atom. The minimum absolute atomic E-state index is 0.173. The van der Waals surface area contributed by atoms with E-state index in [2.05, 4.69) is 6.58 Å². The van der Waals surface area contributed by atoms with E-state index in [1.807, 2.05) is 19.1 Å². The Kier molecular flexibility index (Phi) is 2.42. The van der Waals surface area contributed by atoms with Crippen LogP contribution < -0.4 is 0 Å². The average molecular weight is 236 g/mol. The molecule has 4 nitrogen and oxygen atoms in total. The van der Waals surface area contributed by atoms with Gasteiger partial charge in [0, 0.05) is 5.41 Å². The van der Waals surface area contributed by atoms with E-state index >= 15 is 0 Å². The Bertz CT molecular complexity index is 425. The molecule has 0 spiro atoms. The van der Waals surface area contributed by atoms with Gasteiger partial charge in [0.25, 0.3) is 0 Å². The number of rotatable bonds is 4. The molecule has 2 aliphatic carbocycles. The predicted molar refractivity (Wildman–Crippen MR) is 61.4 cm³/mol. The molecule has 0 radical (unpaired) electrons. The molecule has 17 heavy (non-hydrogen) atoms. The van der Waals surface area contributed by atoms with E-state index in [-0.39, 0.29) is 12.3 Å². The maximum atomic E-state index is 11.7. The molecule has 1 saturated carbocycles. The Hall–Kier alpha value is -1.58. The highest BCUT2D eigenvalue weighted by Crippen LogP contribution is 2.65. The molecule has 4 atom stereocenters. The summed E-state index contributed by atoms with van der Waals surface area (Å²) >= 11 is 0. The summed E-state index contributed by atoms with van der Waals surface area (Å²) in [6.07, 6.45) is 6.03. The molecule has 0 aromatic carbocycles. The van der Waals surface area contributed by atoms with Gasteiger partial charge in [-0.15, -0.1) is 6.58 Å². The minimum atomic E-state index is -1.25. The third kappa shape index (κ3) is 1.24. The van der Waals surface area contributed by atoms with Gasteiger partial charge in [-0.2, -0.15) is 0 Å². The van der Waals surface area contributed by atoms with Crippen molar-refractivity contribution in [3.05, 3.63) is 24.8 Å². The average Bonchev–Trinajstić information content (AvgIpc) is 2.70. The molecule has 2 rings (SSSR count). The Morgan fingerprint density at radius 1 is 1.53 bits per heavy atom. The zero-order valence-electron chi connectivity index (χ0n) is 9.72. The van der Waals surface area contributed by atoms with Crippen LogP contribution in [0.2, 0.25) is 0 Å². The van der Waals surface area contributed by atoms with Gasteiger partial charge in [-0.3, -0.25) is 9.59 Å². The Labute approximate surface area is 99.6 Å². The van der Waals surface area contributed by atoms with Crippen LogP contribution >= 0.6 is 0 Å². The van der Waals surface area contributed by atoms with Crippen molar-refractivity contribution in [2.75, 3.05) is 0 Å². The van der Waals surface area contributed by atoms with Crippen molar-refractivity contribution in [3.63, 3.8) is 0 Å². The molecule has 92 valence electrons. The summed E-state index contributed by atoms with van der Waals surface area (Å²) in [5.41, 5.74) is -1.83. The molecule has 0 aliphatic heterocycles. The van der Waals surface area contributed by atoms with Crippen molar-refractivity contribution in [2.24, 2.45) is 22.7 Å². The monoisotopic (exact) mass is 236 g/mol. The van der Waals surface area contributed by atoms with Crippen molar-refractivity contribution in [1.29, 1.82) is 0 Å². The van der Waals surface area contributed by atoms with Gasteiger partial charge in [0.05, 0.1) is 11.3 Å². The molecule has 0 saturated heterocycles. The first-order valence-corrected chi connectivity index (χ1v) is 5.65. The van der Waals surface area contributed by atoms with Crippen molar-refractivity contribution >= 4 is 11.9 Å². The fraction of sp³-hybridized carbons (Fsp3) is 0.538. The fourth-order valence-corrected chi connectivity index (χ4v) is 3.69. The second-order valence-electron chi connectivity index (χ2n) is 5.23. The van der Waals surface area contributed by atoms with Crippen LogP contribution in [0.5, 0.6) is 0 Å². The molecule has 0 heterocycles. The molecule has 2 bridgehead atoms. The molecule has 1 fully saturated rings. The van der Waals surface area contributed by atoms with E-state index in [1.165, 1.54) is 6.08 Å². The van der Waals surface area contributed by atoms with Crippen LogP contribution in [0.15, 0.2) is 24.8 Å².